The molecule has 1 N–H and O–H groups in total. The van der Waals surface area contributed by atoms with Crippen LogP contribution in [0.4, 0.5) is 0 Å². The Bertz CT molecular complexity index is 132. The highest BCUT2D eigenvalue weighted by Gasteiger charge is 2.28. The van der Waals surface area contributed by atoms with Crippen molar-refractivity contribution in [3.63, 3.8) is 0 Å². The number of hydrogen-bond acceptors (Lipinski definition) is 1. The molecule has 0 aromatic carbocycles. The first-order valence-electron chi connectivity index (χ1n) is 7.91. The van der Waals surface area contributed by atoms with Crippen molar-refractivity contribution in [1.29, 1.82) is 0 Å². The zero-order valence-corrected chi connectivity index (χ0v) is 13.4. The van der Waals surface area contributed by atoms with E-state index in [2.05, 4.69) is 20.8 Å². The molecule has 0 saturated carbocycles. The Labute approximate surface area is 110 Å². The Morgan fingerprint density at radius 1 is 0.588 bits per heavy atom. The van der Waals surface area contributed by atoms with Gasteiger partial charge in [-0.3, -0.25) is 0 Å². The van der Waals surface area contributed by atoms with Gasteiger partial charge in [0.15, 0.2) is 8.32 Å². The van der Waals surface area contributed by atoms with Crippen molar-refractivity contribution in [2.24, 2.45) is 0 Å². The summed E-state index contributed by atoms with van der Waals surface area (Å²) in [6.07, 6.45) is 11.5. The molecule has 0 aromatic rings. The van der Waals surface area contributed by atoms with E-state index in [1.807, 2.05) is 0 Å². The average molecular weight is 259 g/mol. The molecule has 0 aromatic heterocycles. The summed E-state index contributed by atoms with van der Waals surface area (Å²) in [6.45, 7) is 6.73. The van der Waals surface area contributed by atoms with E-state index in [0.29, 0.717) is 0 Å². The molecule has 0 unspecified atom stereocenters. The first kappa shape index (κ1) is 17.2. The Morgan fingerprint density at radius 2 is 0.882 bits per heavy atom. The summed E-state index contributed by atoms with van der Waals surface area (Å²) >= 11 is 0. The van der Waals surface area contributed by atoms with E-state index in [1.165, 1.54) is 57.8 Å². The fourth-order valence-electron chi connectivity index (χ4n) is 2.49. The predicted octanol–water partition coefficient (Wildman–Crippen LogP) is 5.49. The third-order valence-corrected chi connectivity index (χ3v) is 7.59. The SMILES string of the molecule is CCCCC[Si](O)(CCCCC)CCCCC. The lowest BCUT2D eigenvalue weighted by atomic mass is 10.3. The van der Waals surface area contributed by atoms with E-state index >= 15 is 0 Å². The van der Waals surface area contributed by atoms with Crippen molar-refractivity contribution >= 4 is 8.32 Å². The van der Waals surface area contributed by atoms with Crippen LogP contribution in [0.15, 0.2) is 0 Å². The molecule has 0 aliphatic heterocycles. The number of unbranched alkanes of at least 4 members (excludes halogenated alkanes) is 6. The van der Waals surface area contributed by atoms with Crippen LogP contribution in [0.2, 0.25) is 18.1 Å². The molecule has 104 valence electrons. The fraction of sp³-hybridized carbons (Fsp3) is 1.00. The van der Waals surface area contributed by atoms with Gasteiger partial charge in [-0.25, -0.2) is 0 Å². The predicted molar refractivity (Wildman–Crippen MR) is 81.0 cm³/mol. The molecule has 0 radical (unpaired) electrons. The molecule has 0 aliphatic carbocycles. The third-order valence-electron chi connectivity index (χ3n) is 3.74. The van der Waals surface area contributed by atoms with Crippen molar-refractivity contribution in [2.75, 3.05) is 0 Å². The molecule has 0 fully saturated rings. The summed E-state index contributed by atoms with van der Waals surface area (Å²) in [5, 5.41) is 0. The van der Waals surface area contributed by atoms with Crippen molar-refractivity contribution < 1.29 is 4.80 Å². The molecule has 0 amide bonds. The van der Waals surface area contributed by atoms with Crippen LogP contribution in [0.25, 0.3) is 0 Å². The van der Waals surface area contributed by atoms with Gasteiger partial charge in [-0.15, -0.1) is 0 Å². The molecule has 0 rings (SSSR count). The van der Waals surface area contributed by atoms with Gasteiger partial charge in [-0.05, 0) is 18.1 Å². The van der Waals surface area contributed by atoms with Gasteiger partial charge in [0.1, 0.15) is 0 Å². The van der Waals surface area contributed by atoms with Crippen LogP contribution < -0.4 is 0 Å². The zero-order valence-electron chi connectivity index (χ0n) is 12.4. The van der Waals surface area contributed by atoms with Gasteiger partial charge in [0.2, 0.25) is 0 Å². The molecule has 1 nitrogen and oxygen atoms in total. The minimum Gasteiger partial charge on any atom is -0.432 e. The Balaban J connectivity index is 3.95. The van der Waals surface area contributed by atoms with Crippen LogP contribution in [-0.2, 0) is 0 Å². The summed E-state index contributed by atoms with van der Waals surface area (Å²) in [4.78, 5) is 10.8. The summed E-state index contributed by atoms with van der Waals surface area (Å²) in [5.41, 5.74) is 0. The van der Waals surface area contributed by atoms with Crippen LogP contribution >= 0.6 is 0 Å². The maximum Gasteiger partial charge on any atom is 0.188 e. The maximum absolute atomic E-state index is 10.8. The second kappa shape index (κ2) is 11.3. The largest absolute Gasteiger partial charge is 0.432 e. The monoisotopic (exact) mass is 258 g/mol. The van der Waals surface area contributed by atoms with E-state index < -0.39 is 8.32 Å². The normalized spacial score (nSPS) is 12.0. The van der Waals surface area contributed by atoms with Crippen LogP contribution in [-0.4, -0.2) is 13.1 Å². The van der Waals surface area contributed by atoms with Gasteiger partial charge in [-0.2, -0.15) is 0 Å². The van der Waals surface area contributed by atoms with E-state index in [-0.39, 0.29) is 0 Å². The highest BCUT2D eigenvalue weighted by Crippen LogP contribution is 2.26. The van der Waals surface area contributed by atoms with Gasteiger partial charge < -0.3 is 4.80 Å². The molecule has 0 bridgehead atoms. The minimum absolute atomic E-state index is 1.16. The van der Waals surface area contributed by atoms with Crippen molar-refractivity contribution in [3.05, 3.63) is 0 Å². The third kappa shape index (κ3) is 9.84. The molecule has 0 aliphatic rings. The lowest BCUT2D eigenvalue weighted by Crippen LogP contribution is -2.33. The molecule has 0 heterocycles. The first-order valence-corrected chi connectivity index (χ1v) is 10.5. The molecular weight excluding hydrogens is 224 g/mol. The standard InChI is InChI=1S/C15H34OSi/c1-4-7-10-13-17(16,14-11-8-5-2)15-12-9-6-3/h16H,4-15H2,1-3H3. The lowest BCUT2D eigenvalue weighted by molar-refractivity contribution is 0.502. The second-order valence-corrected chi connectivity index (χ2v) is 9.54. The molecule has 0 spiro atoms. The van der Waals surface area contributed by atoms with Gasteiger partial charge in [0.05, 0.1) is 0 Å². The summed E-state index contributed by atoms with van der Waals surface area (Å²) in [7, 11) is -1.86. The summed E-state index contributed by atoms with van der Waals surface area (Å²) in [6, 6.07) is 3.48. The van der Waals surface area contributed by atoms with Crippen LogP contribution in [0, 0.1) is 0 Å². The lowest BCUT2D eigenvalue weighted by Gasteiger charge is -2.25. The Morgan fingerprint density at radius 3 is 1.12 bits per heavy atom. The van der Waals surface area contributed by atoms with Crippen LogP contribution in [0.1, 0.15) is 78.6 Å². The molecule has 17 heavy (non-hydrogen) atoms. The summed E-state index contributed by atoms with van der Waals surface area (Å²) in [5.74, 6) is 0. The smallest absolute Gasteiger partial charge is 0.188 e. The Kier molecular flexibility index (Phi) is 11.4. The minimum atomic E-state index is -1.86. The Hall–Kier alpha value is 0.177. The second-order valence-electron chi connectivity index (χ2n) is 5.60. The number of rotatable bonds is 12. The zero-order chi connectivity index (χ0) is 13.0. The topological polar surface area (TPSA) is 20.2 Å². The van der Waals surface area contributed by atoms with Gasteiger partial charge in [0.25, 0.3) is 0 Å². The molecule has 2 heteroatoms. The van der Waals surface area contributed by atoms with Crippen molar-refractivity contribution in [2.45, 2.75) is 96.7 Å². The van der Waals surface area contributed by atoms with E-state index in [9.17, 15) is 4.80 Å². The first-order chi connectivity index (χ1) is 8.18. The van der Waals surface area contributed by atoms with Gasteiger partial charge >= 0.3 is 0 Å². The van der Waals surface area contributed by atoms with E-state index in [0.717, 1.165) is 18.1 Å². The fourth-order valence-corrected chi connectivity index (χ4v) is 5.96. The number of hydrogen-bond donors (Lipinski definition) is 1. The van der Waals surface area contributed by atoms with Crippen molar-refractivity contribution in [3.8, 4) is 0 Å². The summed E-state index contributed by atoms with van der Waals surface area (Å²) < 4.78 is 0. The van der Waals surface area contributed by atoms with Crippen LogP contribution in [0.3, 0.4) is 0 Å². The van der Waals surface area contributed by atoms with Crippen LogP contribution in [0.5, 0.6) is 0 Å². The molecule has 0 atom stereocenters. The molecular formula is C15H34OSi. The highest BCUT2D eigenvalue weighted by atomic mass is 28.4. The quantitative estimate of drug-likeness (QED) is 0.362. The maximum atomic E-state index is 10.8. The van der Waals surface area contributed by atoms with Gasteiger partial charge in [0, 0.05) is 0 Å². The average Bonchev–Trinajstić information content (AvgIpc) is 2.30. The molecule has 0 saturated heterocycles. The van der Waals surface area contributed by atoms with Gasteiger partial charge in [-0.1, -0.05) is 78.6 Å². The highest BCUT2D eigenvalue weighted by molar-refractivity contribution is 6.72. The van der Waals surface area contributed by atoms with E-state index in [4.69, 9.17) is 0 Å². The van der Waals surface area contributed by atoms with Crippen molar-refractivity contribution in [1.82, 2.24) is 0 Å². The van der Waals surface area contributed by atoms with E-state index in [1.54, 1.807) is 0 Å².